The molecule has 0 unspecified atom stereocenters. The smallest absolute Gasteiger partial charge is 0.435 e. The van der Waals surface area contributed by atoms with E-state index >= 15 is 0 Å². The molecule has 2 aromatic rings. The van der Waals surface area contributed by atoms with E-state index in [-0.39, 0.29) is 5.22 Å². The summed E-state index contributed by atoms with van der Waals surface area (Å²) in [5.74, 6) is 6.31. The molecule has 0 radical (unpaired) electrons. The molecule has 0 spiro atoms. The minimum Gasteiger partial charge on any atom is -0.497 e. The standard InChI is InChI=1S/C19H18F3N5O/c1-28-15-4-2-14(3-5-15)27-17-12-25(13-6-10-26(23)11-7-13)9-8-16(17)18(24-27)19(20,21)22/h2-8,10,12H,9,11,23H2,1H3. The number of fused-ring (bicyclic) bond motifs is 1. The normalized spacial score (nSPS) is 16.2. The van der Waals surface area contributed by atoms with Gasteiger partial charge in [0.25, 0.3) is 0 Å². The summed E-state index contributed by atoms with van der Waals surface area (Å²) in [6.07, 6.45) is 4.14. The lowest BCUT2D eigenvalue weighted by Crippen LogP contribution is -2.40. The summed E-state index contributed by atoms with van der Waals surface area (Å²) in [5, 5.41) is 5.85. The van der Waals surface area contributed by atoms with Crippen LogP contribution in [-0.4, -0.2) is 39.9 Å². The first-order chi connectivity index (χ1) is 13.4. The highest BCUT2D eigenvalue weighted by Crippen LogP contribution is 2.25. The molecule has 6 nitrogen and oxygen atoms in total. The number of benzene rings is 1. The van der Waals surface area contributed by atoms with E-state index in [4.69, 9.17) is 10.6 Å². The van der Waals surface area contributed by atoms with Gasteiger partial charge in [0.1, 0.15) is 5.75 Å². The number of halogens is 3. The number of alkyl halides is 3. The summed E-state index contributed by atoms with van der Waals surface area (Å²) < 4.78 is 47.0. The van der Waals surface area contributed by atoms with Crippen molar-refractivity contribution in [2.24, 2.45) is 5.84 Å². The highest BCUT2D eigenvalue weighted by Gasteiger charge is 2.36. The van der Waals surface area contributed by atoms with Crippen LogP contribution in [0.1, 0.15) is 5.69 Å². The van der Waals surface area contributed by atoms with Crippen molar-refractivity contribution in [2.75, 3.05) is 20.2 Å². The molecule has 0 fully saturated rings. The molecular formula is C19H18F3N5O. The van der Waals surface area contributed by atoms with Crippen molar-refractivity contribution in [3.63, 3.8) is 0 Å². The minimum absolute atomic E-state index is 0.0837. The van der Waals surface area contributed by atoms with Gasteiger partial charge in [-0.05, 0) is 36.4 Å². The van der Waals surface area contributed by atoms with Crippen LogP contribution in [0.5, 0.6) is 5.75 Å². The predicted molar refractivity (Wildman–Crippen MR) is 98.1 cm³/mol. The molecule has 9 heteroatoms. The fraction of sp³-hybridized carbons (Fsp3) is 0.211. The van der Waals surface area contributed by atoms with Crippen molar-refractivity contribution in [1.82, 2.24) is 19.7 Å². The number of aromatic nitrogens is 2. The highest BCUT2D eigenvalue weighted by molar-refractivity contribution is 5.47. The lowest BCUT2D eigenvalue weighted by atomic mass is 10.2. The van der Waals surface area contributed by atoms with Crippen molar-refractivity contribution in [3.8, 4) is 11.4 Å². The van der Waals surface area contributed by atoms with Gasteiger partial charge in [0.15, 0.2) is 5.69 Å². The molecule has 2 aliphatic heterocycles. The van der Waals surface area contributed by atoms with Crippen LogP contribution in [0.15, 0.2) is 48.3 Å². The van der Waals surface area contributed by atoms with Crippen LogP contribution in [0, 0.1) is 0 Å². The zero-order valence-electron chi connectivity index (χ0n) is 15.0. The maximum Gasteiger partial charge on any atom is 0.435 e. The average Bonchev–Trinajstić information content (AvgIpc) is 3.08. The molecule has 28 heavy (non-hydrogen) atoms. The third-order valence-electron chi connectivity index (χ3n) is 4.59. The molecule has 4 rings (SSSR count). The van der Waals surface area contributed by atoms with Crippen LogP contribution in [0.25, 0.3) is 18.0 Å². The number of allylic oxidation sites excluding steroid dienone is 1. The van der Waals surface area contributed by atoms with Gasteiger partial charge in [0.05, 0.1) is 24.7 Å². The van der Waals surface area contributed by atoms with Crippen LogP contribution >= 0.6 is 0 Å². The van der Waals surface area contributed by atoms with Crippen LogP contribution in [0.3, 0.4) is 0 Å². The van der Waals surface area contributed by atoms with Crippen molar-refractivity contribution in [3.05, 3.63) is 64.6 Å². The Bertz CT molecular complexity index is 1070. The van der Waals surface area contributed by atoms with Gasteiger partial charge in [-0.2, -0.15) is 18.3 Å². The molecule has 2 N–H and O–H groups in total. The van der Waals surface area contributed by atoms with E-state index in [0.717, 1.165) is 5.70 Å². The van der Waals surface area contributed by atoms with Crippen molar-refractivity contribution < 1.29 is 17.9 Å². The molecule has 146 valence electrons. The van der Waals surface area contributed by atoms with Crippen LogP contribution in [0.2, 0.25) is 0 Å². The van der Waals surface area contributed by atoms with E-state index < -0.39 is 11.9 Å². The van der Waals surface area contributed by atoms with E-state index in [1.165, 1.54) is 16.8 Å². The molecule has 2 aliphatic rings. The largest absolute Gasteiger partial charge is 0.497 e. The third kappa shape index (κ3) is 3.24. The van der Waals surface area contributed by atoms with Gasteiger partial charge in [-0.25, -0.2) is 10.5 Å². The maximum atomic E-state index is 13.5. The molecule has 0 amide bonds. The fourth-order valence-corrected chi connectivity index (χ4v) is 3.18. The first-order valence-corrected chi connectivity index (χ1v) is 8.56. The number of ether oxygens (including phenoxy) is 1. The van der Waals surface area contributed by atoms with Crippen molar-refractivity contribution in [2.45, 2.75) is 6.18 Å². The van der Waals surface area contributed by atoms with Gasteiger partial charge < -0.3 is 14.6 Å². The molecule has 0 saturated heterocycles. The number of hydrogen-bond donors (Lipinski definition) is 1. The SMILES string of the molecule is COc1ccc(-n2nc(C(F)(F)F)c3c2=CN(C2=CCN(N)C=C2)CC=3)cc1. The Kier molecular flexibility index (Phi) is 4.38. The van der Waals surface area contributed by atoms with E-state index in [2.05, 4.69) is 5.10 Å². The zero-order valence-corrected chi connectivity index (χ0v) is 15.0. The van der Waals surface area contributed by atoms with Crippen molar-refractivity contribution in [1.29, 1.82) is 0 Å². The van der Waals surface area contributed by atoms with Crippen LogP contribution in [-0.2, 0) is 6.18 Å². The zero-order chi connectivity index (χ0) is 19.9. The number of rotatable bonds is 3. The van der Waals surface area contributed by atoms with Crippen LogP contribution < -0.4 is 21.1 Å². The number of nitrogens with two attached hydrogens (primary N) is 1. The molecule has 0 saturated carbocycles. The average molecular weight is 389 g/mol. The number of hydrazine groups is 1. The van der Waals surface area contributed by atoms with Crippen molar-refractivity contribution >= 4 is 12.3 Å². The molecule has 1 aromatic carbocycles. The van der Waals surface area contributed by atoms with Gasteiger partial charge in [0.2, 0.25) is 0 Å². The predicted octanol–water partition coefficient (Wildman–Crippen LogP) is 1.32. The summed E-state index contributed by atoms with van der Waals surface area (Å²) in [6, 6.07) is 6.71. The van der Waals surface area contributed by atoms with Gasteiger partial charge >= 0.3 is 6.18 Å². The number of hydrogen-bond acceptors (Lipinski definition) is 5. The lowest BCUT2D eigenvalue weighted by Gasteiger charge is -2.26. The summed E-state index contributed by atoms with van der Waals surface area (Å²) in [4.78, 5) is 1.87. The third-order valence-corrected chi connectivity index (χ3v) is 4.59. The van der Waals surface area contributed by atoms with Gasteiger partial charge in [-0.3, -0.25) is 0 Å². The Morgan fingerprint density at radius 2 is 1.86 bits per heavy atom. The second-order valence-electron chi connectivity index (χ2n) is 6.38. The van der Waals surface area contributed by atoms with Gasteiger partial charge in [-0.1, -0.05) is 6.08 Å². The maximum absolute atomic E-state index is 13.5. The summed E-state index contributed by atoms with van der Waals surface area (Å²) >= 11 is 0. The van der Waals surface area contributed by atoms with E-state index in [1.54, 1.807) is 42.7 Å². The number of methoxy groups -OCH3 is 1. The number of nitrogens with zero attached hydrogens (tertiary/aromatic N) is 4. The Balaban J connectivity index is 1.85. The first kappa shape index (κ1) is 18.2. The molecular weight excluding hydrogens is 371 g/mol. The Morgan fingerprint density at radius 3 is 2.46 bits per heavy atom. The van der Waals surface area contributed by atoms with E-state index in [9.17, 15) is 13.2 Å². The summed E-state index contributed by atoms with van der Waals surface area (Å²) in [7, 11) is 1.53. The highest BCUT2D eigenvalue weighted by atomic mass is 19.4. The molecule has 0 bridgehead atoms. The Labute approximate surface area is 158 Å². The summed E-state index contributed by atoms with van der Waals surface area (Å²) in [5.41, 5.74) is 0.482. The van der Waals surface area contributed by atoms with E-state index in [0.29, 0.717) is 29.9 Å². The quantitative estimate of drug-likeness (QED) is 0.803. The van der Waals surface area contributed by atoms with Gasteiger partial charge in [0, 0.05) is 29.9 Å². The van der Waals surface area contributed by atoms with E-state index in [1.807, 2.05) is 17.1 Å². The summed E-state index contributed by atoms with van der Waals surface area (Å²) in [6.45, 7) is 0.833. The fourth-order valence-electron chi connectivity index (χ4n) is 3.18. The lowest BCUT2D eigenvalue weighted by molar-refractivity contribution is -0.142. The second-order valence-corrected chi connectivity index (χ2v) is 6.38. The Hall–Kier alpha value is -3.20. The van der Waals surface area contributed by atoms with Gasteiger partial charge in [-0.15, -0.1) is 0 Å². The second kappa shape index (κ2) is 6.75. The topological polar surface area (TPSA) is 59.5 Å². The van der Waals surface area contributed by atoms with Crippen LogP contribution in [0.4, 0.5) is 13.2 Å². The Morgan fingerprint density at radius 1 is 1.11 bits per heavy atom. The minimum atomic E-state index is -4.54. The monoisotopic (exact) mass is 389 g/mol. The molecule has 1 aromatic heterocycles. The molecule has 0 aliphatic carbocycles. The molecule has 0 atom stereocenters. The molecule has 3 heterocycles. The first-order valence-electron chi connectivity index (χ1n) is 8.56.